The fourth-order valence-corrected chi connectivity index (χ4v) is 2.70. The Bertz CT molecular complexity index is 619. The minimum absolute atomic E-state index is 0.366. The van der Waals surface area contributed by atoms with Crippen molar-refractivity contribution in [3.8, 4) is 16.3 Å². The van der Waals surface area contributed by atoms with Crippen LogP contribution in [-0.4, -0.2) is 25.2 Å². The Kier molecular flexibility index (Phi) is 3.85. The lowest BCUT2D eigenvalue weighted by Crippen LogP contribution is -2.03. The maximum atomic E-state index is 11.6. The van der Waals surface area contributed by atoms with Crippen molar-refractivity contribution in [3.05, 3.63) is 34.3 Å². The first-order valence-corrected chi connectivity index (χ1v) is 6.59. The zero-order valence-electron chi connectivity index (χ0n) is 11.3. The van der Waals surface area contributed by atoms with Crippen LogP contribution >= 0.6 is 11.3 Å². The molecule has 0 N–H and O–H groups in total. The number of aromatic nitrogens is 1. The molecular weight excluding hydrogens is 262 g/mol. The van der Waals surface area contributed by atoms with Gasteiger partial charge in [-0.2, -0.15) is 0 Å². The lowest BCUT2D eigenvalue weighted by Gasteiger charge is -2.06. The van der Waals surface area contributed by atoms with Crippen LogP contribution in [-0.2, 0) is 4.74 Å². The largest absolute Gasteiger partial charge is 0.496 e. The predicted octanol–water partition coefficient (Wildman–Crippen LogP) is 3.22. The van der Waals surface area contributed by atoms with E-state index in [1.54, 1.807) is 7.11 Å². The Balaban J connectivity index is 2.51. The molecule has 0 saturated carbocycles. The first kappa shape index (κ1) is 13.5. The molecule has 0 unspecified atom stereocenters. The molecule has 0 radical (unpaired) electrons. The number of ether oxygens (including phenoxy) is 2. The summed E-state index contributed by atoms with van der Waals surface area (Å²) in [6.45, 7) is 3.85. The summed E-state index contributed by atoms with van der Waals surface area (Å²) in [5.41, 5.74) is 2.36. The van der Waals surface area contributed by atoms with Gasteiger partial charge in [-0.05, 0) is 31.5 Å². The maximum absolute atomic E-state index is 11.6. The smallest absolute Gasteiger partial charge is 0.357 e. The van der Waals surface area contributed by atoms with E-state index in [1.807, 2.05) is 32.0 Å². The van der Waals surface area contributed by atoms with E-state index >= 15 is 0 Å². The third-order valence-electron chi connectivity index (χ3n) is 2.76. The second kappa shape index (κ2) is 5.40. The van der Waals surface area contributed by atoms with Crippen LogP contribution in [0.3, 0.4) is 0 Å². The molecule has 2 rings (SSSR count). The van der Waals surface area contributed by atoms with Crippen molar-refractivity contribution in [2.45, 2.75) is 13.8 Å². The van der Waals surface area contributed by atoms with E-state index in [1.165, 1.54) is 18.4 Å². The van der Waals surface area contributed by atoms with Gasteiger partial charge in [0.15, 0.2) is 5.69 Å². The molecule has 100 valence electrons. The van der Waals surface area contributed by atoms with Gasteiger partial charge in [-0.3, -0.25) is 0 Å². The van der Waals surface area contributed by atoms with Gasteiger partial charge in [-0.1, -0.05) is 6.07 Å². The van der Waals surface area contributed by atoms with Gasteiger partial charge >= 0.3 is 5.97 Å². The van der Waals surface area contributed by atoms with Crippen molar-refractivity contribution in [3.63, 3.8) is 0 Å². The summed E-state index contributed by atoms with van der Waals surface area (Å²) < 4.78 is 10.1. The van der Waals surface area contributed by atoms with Crippen LogP contribution in [0.25, 0.3) is 10.6 Å². The van der Waals surface area contributed by atoms with Gasteiger partial charge < -0.3 is 9.47 Å². The molecule has 0 aliphatic carbocycles. The molecule has 0 aliphatic rings. The van der Waals surface area contributed by atoms with Crippen LogP contribution in [0.1, 0.15) is 20.9 Å². The zero-order chi connectivity index (χ0) is 14.0. The van der Waals surface area contributed by atoms with E-state index in [0.29, 0.717) is 5.69 Å². The number of thiazole rings is 1. The summed E-state index contributed by atoms with van der Waals surface area (Å²) >= 11 is 1.45. The molecule has 19 heavy (non-hydrogen) atoms. The highest BCUT2D eigenvalue weighted by molar-refractivity contribution is 7.15. The van der Waals surface area contributed by atoms with Gasteiger partial charge in [0, 0.05) is 4.88 Å². The fourth-order valence-electron chi connectivity index (χ4n) is 1.77. The Morgan fingerprint density at radius 1 is 1.26 bits per heavy atom. The van der Waals surface area contributed by atoms with E-state index in [2.05, 4.69) is 4.98 Å². The van der Waals surface area contributed by atoms with E-state index in [0.717, 1.165) is 26.8 Å². The molecule has 0 bridgehead atoms. The minimum Gasteiger partial charge on any atom is -0.496 e. The fraction of sp³-hybridized carbons (Fsp3) is 0.286. The van der Waals surface area contributed by atoms with Gasteiger partial charge in [-0.15, -0.1) is 11.3 Å². The molecule has 1 heterocycles. The zero-order valence-corrected chi connectivity index (χ0v) is 12.1. The molecular formula is C14H15NO3S. The van der Waals surface area contributed by atoms with Crippen LogP contribution in [0.4, 0.5) is 0 Å². The Morgan fingerprint density at radius 2 is 2.00 bits per heavy atom. The first-order chi connectivity index (χ1) is 9.06. The molecule has 1 aromatic heterocycles. The number of rotatable bonds is 3. The van der Waals surface area contributed by atoms with Crippen molar-refractivity contribution in [2.75, 3.05) is 14.2 Å². The number of esters is 1. The van der Waals surface area contributed by atoms with Gasteiger partial charge in [0.05, 0.1) is 19.8 Å². The average molecular weight is 277 g/mol. The number of hydrogen-bond acceptors (Lipinski definition) is 5. The Labute approximate surface area is 116 Å². The summed E-state index contributed by atoms with van der Waals surface area (Å²) in [5.74, 6) is 0.344. The molecule has 0 aliphatic heterocycles. The molecule has 0 fully saturated rings. The second-order valence-corrected chi connectivity index (χ2v) is 5.32. The standard InChI is InChI=1S/C14H15NO3S/c1-8-5-6-10(11(7-8)17-3)13-15-12(9(2)19-13)14(16)18-4/h5-7H,1-4H3. The monoisotopic (exact) mass is 277 g/mol. The summed E-state index contributed by atoms with van der Waals surface area (Å²) in [6, 6.07) is 5.89. The molecule has 5 heteroatoms. The topological polar surface area (TPSA) is 48.4 Å². The summed E-state index contributed by atoms with van der Waals surface area (Å²) in [7, 11) is 2.98. The summed E-state index contributed by atoms with van der Waals surface area (Å²) in [5, 5.41) is 0.759. The lowest BCUT2D eigenvalue weighted by atomic mass is 10.1. The predicted molar refractivity (Wildman–Crippen MR) is 74.9 cm³/mol. The van der Waals surface area contributed by atoms with E-state index in [-0.39, 0.29) is 0 Å². The number of methoxy groups -OCH3 is 2. The van der Waals surface area contributed by atoms with Crippen LogP contribution < -0.4 is 4.74 Å². The number of benzene rings is 1. The van der Waals surface area contributed by atoms with Crippen LogP contribution in [0, 0.1) is 13.8 Å². The van der Waals surface area contributed by atoms with Crippen molar-refractivity contribution in [2.24, 2.45) is 0 Å². The molecule has 4 nitrogen and oxygen atoms in total. The maximum Gasteiger partial charge on any atom is 0.357 e. The van der Waals surface area contributed by atoms with Crippen molar-refractivity contribution in [1.29, 1.82) is 0 Å². The third-order valence-corrected chi connectivity index (χ3v) is 3.77. The number of hydrogen-bond donors (Lipinski definition) is 0. The van der Waals surface area contributed by atoms with Crippen molar-refractivity contribution in [1.82, 2.24) is 4.98 Å². The van der Waals surface area contributed by atoms with Crippen molar-refractivity contribution < 1.29 is 14.3 Å². The van der Waals surface area contributed by atoms with Crippen LogP contribution in [0.5, 0.6) is 5.75 Å². The highest BCUT2D eigenvalue weighted by atomic mass is 32.1. The normalized spacial score (nSPS) is 10.3. The summed E-state index contributed by atoms with van der Waals surface area (Å²) in [4.78, 5) is 16.8. The third kappa shape index (κ3) is 2.61. The molecule has 0 atom stereocenters. The van der Waals surface area contributed by atoms with Gasteiger partial charge in [0.2, 0.25) is 0 Å². The number of aryl methyl sites for hydroxylation is 2. The lowest BCUT2D eigenvalue weighted by molar-refractivity contribution is 0.0594. The van der Waals surface area contributed by atoms with E-state index in [9.17, 15) is 4.79 Å². The highest BCUT2D eigenvalue weighted by Gasteiger charge is 2.18. The second-order valence-electron chi connectivity index (χ2n) is 4.12. The quantitative estimate of drug-likeness (QED) is 0.808. The van der Waals surface area contributed by atoms with Crippen LogP contribution in [0.15, 0.2) is 18.2 Å². The number of carbonyl (C=O) groups excluding carboxylic acids is 1. The molecule has 0 amide bonds. The average Bonchev–Trinajstić information content (AvgIpc) is 2.79. The van der Waals surface area contributed by atoms with Crippen LogP contribution in [0.2, 0.25) is 0 Å². The number of nitrogens with zero attached hydrogens (tertiary/aromatic N) is 1. The van der Waals surface area contributed by atoms with Gasteiger partial charge in [-0.25, -0.2) is 9.78 Å². The van der Waals surface area contributed by atoms with Crippen molar-refractivity contribution >= 4 is 17.3 Å². The summed E-state index contributed by atoms with van der Waals surface area (Å²) in [6.07, 6.45) is 0. The number of carbonyl (C=O) groups is 1. The first-order valence-electron chi connectivity index (χ1n) is 5.77. The molecule has 2 aromatic rings. The molecule has 0 spiro atoms. The van der Waals surface area contributed by atoms with Gasteiger partial charge in [0.1, 0.15) is 10.8 Å². The Morgan fingerprint density at radius 3 is 2.63 bits per heavy atom. The SMILES string of the molecule is COC(=O)c1nc(-c2ccc(C)cc2OC)sc1C. The van der Waals surface area contributed by atoms with E-state index < -0.39 is 5.97 Å². The minimum atomic E-state index is -0.411. The van der Waals surface area contributed by atoms with Gasteiger partial charge in [0.25, 0.3) is 0 Å². The van der Waals surface area contributed by atoms with E-state index in [4.69, 9.17) is 9.47 Å². The molecule has 1 aromatic carbocycles. The Hall–Kier alpha value is -1.88. The highest BCUT2D eigenvalue weighted by Crippen LogP contribution is 2.34. The molecule has 0 saturated heterocycles.